The summed E-state index contributed by atoms with van der Waals surface area (Å²) >= 11 is 0. The van der Waals surface area contributed by atoms with E-state index in [2.05, 4.69) is 20.4 Å². The fraction of sp³-hybridized carbons (Fsp3) is 0.480. The smallest absolute Gasteiger partial charge is 0.247 e. The summed E-state index contributed by atoms with van der Waals surface area (Å²) in [6.45, 7) is 11.0. The third-order valence-corrected chi connectivity index (χ3v) is 6.26. The van der Waals surface area contributed by atoms with Crippen LogP contribution in [0.25, 0.3) is 0 Å². The molecule has 35 heavy (non-hydrogen) atoms. The summed E-state index contributed by atoms with van der Waals surface area (Å²) in [5.74, 6) is 1.05. The van der Waals surface area contributed by atoms with E-state index in [0.29, 0.717) is 24.7 Å². The molecule has 4 rings (SSSR count). The molecule has 0 fully saturated rings. The van der Waals surface area contributed by atoms with Crippen molar-refractivity contribution in [3.05, 3.63) is 53.0 Å². The van der Waals surface area contributed by atoms with Crippen LogP contribution in [0.3, 0.4) is 0 Å². The Balaban J connectivity index is 1.53. The van der Waals surface area contributed by atoms with Gasteiger partial charge in [0.05, 0.1) is 24.1 Å². The van der Waals surface area contributed by atoms with E-state index >= 15 is 0 Å². The van der Waals surface area contributed by atoms with Crippen LogP contribution in [0.2, 0.25) is 0 Å². The predicted octanol–water partition coefficient (Wildman–Crippen LogP) is 3.74. The van der Waals surface area contributed by atoms with Crippen molar-refractivity contribution in [1.82, 2.24) is 24.7 Å². The third-order valence-electron chi connectivity index (χ3n) is 6.26. The van der Waals surface area contributed by atoms with E-state index in [9.17, 15) is 9.18 Å². The van der Waals surface area contributed by atoms with Crippen LogP contribution in [0.5, 0.6) is 0 Å². The number of nitrogens with one attached hydrogen (secondary N) is 1. The summed E-state index contributed by atoms with van der Waals surface area (Å²) in [5.41, 5.74) is 4.07. The van der Waals surface area contributed by atoms with Crippen LogP contribution < -0.4 is 15.1 Å². The number of fused-ring (bicyclic) bond motifs is 1. The average molecular weight is 481 g/mol. The van der Waals surface area contributed by atoms with Gasteiger partial charge >= 0.3 is 0 Å². The number of carbonyl (C=O) groups excluding carboxylic acids is 1. The number of likely N-dealkylation sites (N-methyl/N-ethyl adjacent to an activating group) is 1. The van der Waals surface area contributed by atoms with Crippen LogP contribution in [-0.2, 0) is 17.9 Å². The van der Waals surface area contributed by atoms with Gasteiger partial charge in [0.15, 0.2) is 5.82 Å². The van der Waals surface area contributed by atoms with E-state index in [0.717, 1.165) is 28.3 Å². The van der Waals surface area contributed by atoms with Gasteiger partial charge in [-0.3, -0.25) is 9.48 Å². The Hall–Kier alpha value is -3.56. The second-order valence-corrected chi connectivity index (χ2v) is 9.83. The highest BCUT2D eigenvalue weighted by Crippen LogP contribution is 2.34. The first-order chi connectivity index (χ1) is 16.5. The lowest BCUT2D eigenvalue weighted by molar-refractivity contribution is -0.118. The summed E-state index contributed by atoms with van der Waals surface area (Å²) in [4.78, 5) is 30.0. The van der Waals surface area contributed by atoms with E-state index in [1.165, 1.54) is 6.07 Å². The molecule has 4 heterocycles. The third kappa shape index (κ3) is 4.96. The molecule has 0 saturated carbocycles. The Labute approximate surface area is 205 Å². The van der Waals surface area contributed by atoms with Crippen LogP contribution in [0.15, 0.2) is 24.5 Å². The molecule has 9 nitrogen and oxygen atoms in total. The summed E-state index contributed by atoms with van der Waals surface area (Å²) in [6.07, 6.45) is 3.78. The van der Waals surface area contributed by atoms with Crippen molar-refractivity contribution in [2.45, 2.75) is 59.7 Å². The lowest BCUT2D eigenvalue weighted by atomic mass is 9.99. The van der Waals surface area contributed by atoms with E-state index in [-0.39, 0.29) is 23.8 Å². The summed E-state index contributed by atoms with van der Waals surface area (Å²) < 4.78 is 15.5. The Bertz CT molecular complexity index is 1240. The second-order valence-electron chi connectivity index (χ2n) is 9.83. The summed E-state index contributed by atoms with van der Waals surface area (Å²) in [6, 6.07) is 2.87. The van der Waals surface area contributed by atoms with Gasteiger partial charge in [0, 0.05) is 32.4 Å². The van der Waals surface area contributed by atoms with Crippen molar-refractivity contribution >= 4 is 23.4 Å². The molecule has 1 atom stereocenters. The van der Waals surface area contributed by atoms with Gasteiger partial charge in [-0.2, -0.15) is 14.5 Å². The molecule has 0 saturated heterocycles. The molecule has 1 aliphatic rings. The number of hydrogen-bond acceptors (Lipinski definition) is 7. The minimum atomic E-state index is -0.467. The number of amides is 1. The largest absolute Gasteiger partial charge is 0.345 e. The van der Waals surface area contributed by atoms with Gasteiger partial charge in [-0.05, 0) is 30.4 Å². The topological polar surface area (TPSA) is 92.1 Å². The molecule has 186 valence electrons. The molecule has 0 aliphatic carbocycles. The zero-order valence-corrected chi connectivity index (χ0v) is 21.4. The first-order valence-electron chi connectivity index (χ1n) is 11.8. The molecule has 0 radical (unpaired) electrons. The Morgan fingerprint density at radius 3 is 2.60 bits per heavy atom. The molecular weight excluding hydrogens is 447 g/mol. The van der Waals surface area contributed by atoms with Crippen LogP contribution in [0, 0.1) is 18.8 Å². The normalized spacial score (nSPS) is 15.5. The molecule has 0 spiro atoms. The monoisotopic (exact) mass is 480 g/mol. The van der Waals surface area contributed by atoms with Crippen LogP contribution in [0.1, 0.15) is 56.1 Å². The second kappa shape index (κ2) is 9.59. The van der Waals surface area contributed by atoms with E-state index in [1.54, 1.807) is 6.07 Å². The number of aryl methyl sites for hydroxylation is 1. The lowest BCUT2D eigenvalue weighted by Crippen LogP contribution is -2.49. The van der Waals surface area contributed by atoms with Crippen molar-refractivity contribution in [2.75, 3.05) is 29.2 Å². The minimum Gasteiger partial charge on any atom is -0.345 e. The zero-order valence-electron chi connectivity index (χ0n) is 21.4. The van der Waals surface area contributed by atoms with Crippen molar-refractivity contribution < 1.29 is 9.18 Å². The number of pyridine rings is 1. The van der Waals surface area contributed by atoms with Crippen LogP contribution in [-0.4, -0.2) is 50.8 Å². The molecular formula is C25H33FN8O. The molecule has 0 bridgehead atoms. The fourth-order valence-corrected chi connectivity index (χ4v) is 4.58. The highest BCUT2D eigenvalue weighted by molar-refractivity contribution is 6.03. The predicted molar refractivity (Wildman–Crippen MR) is 134 cm³/mol. The molecule has 1 aliphatic heterocycles. The van der Waals surface area contributed by atoms with Crippen molar-refractivity contribution in [1.29, 1.82) is 0 Å². The maximum Gasteiger partial charge on any atom is 0.247 e. The number of aromatic nitrogens is 5. The minimum absolute atomic E-state index is 0.0350. The van der Waals surface area contributed by atoms with Gasteiger partial charge in [-0.25, -0.2) is 9.97 Å². The van der Waals surface area contributed by atoms with Crippen LogP contribution >= 0.6 is 0 Å². The van der Waals surface area contributed by atoms with Crippen molar-refractivity contribution in [3.63, 3.8) is 0 Å². The molecule has 1 N–H and O–H groups in total. The number of halogens is 1. The quantitative estimate of drug-likeness (QED) is 0.515. The Kier molecular flexibility index (Phi) is 6.73. The first-order valence-corrected chi connectivity index (χ1v) is 11.8. The zero-order chi connectivity index (χ0) is 25.4. The molecule has 1 amide bonds. The molecule has 3 aromatic heterocycles. The van der Waals surface area contributed by atoms with Gasteiger partial charge in [0.25, 0.3) is 0 Å². The average Bonchev–Trinajstić information content (AvgIpc) is 3.21. The van der Waals surface area contributed by atoms with Gasteiger partial charge in [-0.1, -0.05) is 33.8 Å². The first kappa shape index (κ1) is 24.6. The molecule has 3 aromatic rings. The van der Waals surface area contributed by atoms with Gasteiger partial charge < -0.3 is 15.1 Å². The van der Waals surface area contributed by atoms with E-state index in [1.807, 2.05) is 75.6 Å². The maximum absolute atomic E-state index is 13.6. The summed E-state index contributed by atoms with van der Waals surface area (Å²) in [5, 5.41) is 7.47. The number of anilines is 3. The standard InChI is InChI=1S/C25H33FN8O/c1-14(2)20-18(8-9-19(26)29-20)13-34-12-17(10-27-34)11-32(6)25-28-16(5)21-23(31-25)33(7)22(15(3)4)24(35)30-21/h8-10,12,14-15,22H,11,13H2,1-7H3,(H,30,35). The number of carbonyl (C=O) groups is 1. The highest BCUT2D eigenvalue weighted by atomic mass is 19.1. The van der Waals surface area contributed by atoms with Crippen LogP contribution in [0.4, 0.5) is 21.8 Å². The van der Waals surface area contributed by atoms with Gasteiger partial charge in [0.2, 0.25) is 17.8 Å². The highest BCUT2D eigenvalue weighted by Gasteiger charge is 2.35. The number of rotatable bonds is 7. The molecule has 0 aromatic carbocycles. The lowest BCUT2D eigenvalue weighted by Gasteiger charge is -2.37. The van der Waals surface area contributed by atoms with E-state index < -0.39 is 5.95 Å². The fourth-order valence-electron chi connectivity index (χ4n) is 4.58. The molecule has 1 unspecified atom stereocenters. The number of hydrogen-bond donors (Lipinski definition) is 1. The van der Waals surface area contributed by atoms with E-state index in [4.69, 9.17) is 4.98 Å². The molecule has 10 heteroatoms. The van der Waals surface area contributed by atoms with Crippen molar-refractivity contribution in [3.8, 4) is 0 Å². The van der Waals surface area contributed by atoms with Gasteiger partial charge in [-0.15, -0.1) is 0 Å². The Morgan fingerprint density at radius 1 is 1.17 bits per heavy atom. The van der Waals surface area contributed by atoms with Crippen molar-refractivity contribution in [2.24, 2.45) is 5.92 Å². The SMILES string of the molecule is Cc1nc(N(C)Cc2cnn(Cc3ccc(F)nc3C(C)C)c2)nc2c1NC(=O)C(C(C)C)N2C. The summed E-state index contributed by atoms with van der Waals surface area (Å²) in [7, 11) is 3.83. The maximum atomic E-state index is 13.6. The Morgan fingerprint density at radius 2 is 1.91 bits per heavy atom. The van der Waals surface area contributed by atoms with Gasteiger partial charge in [0.1, 0.15) is 11.7 Å². The number of nitrogens with zero attached hydrogens (tertiary/aromatic N) is 7.